The molecule has 1 aromatic carbocycles. The molecule has 1 fully saturated rings. The number of hydrogen-bond acceptors (Lipinski definition) is 6. The molecule has 152 valence electrons. The zero-order valence-corrected chi connectivity index (χ0v) is 17.2. The smallest absolute Gasteiger partial charge is 0.434 e. The van der Waals surface area contributed by atoms with E-state index in [0.29, 0.717) is 48.1 Å². The number of hydrogen-bond donors (Lipinski definition) is 1. The van der Waals surface area contributed by atoms with Crippen LogP contribution in [0.2, 0.25) is 10.0 Å². The topological polar surface area (TPSA) is 77.1 Å². The lowest BCUT2D eigenvalue weighted by Gasteiger charge is -2.39. The lowest BCUT2D eigenvalue weighted by Crippen LogP contribution is -2.53. The van der Waals surface area contributed by atoms with Crippen LogP contribution in [0.1, 0.15) is 32.3 Å². The monoisotopic (exact) mass is 428 g/mol. The number of carbonyl (C=O) groups excluding carboxylic acids is 2. The highest BCUT2D eigenvalue weighted by molar-refractivity contribution is 6.38. The van der Waals surface area contributed by atoms with E-state index < -0.39 is 11.7 Å². The third kappa shape index (κ3) is 4.12. The first-order chi connectivity index (χ1) is 13.4. The number of carbonyl (C=O) groups is 2. The summed E-state index contributed by atoms with van der Waals surface area (Å²) in [5.74, 6) is -0.121. The predicted octanol–water partition coefficient (Wildman–Crippen LogP) is 3.79. The van der Waals surface area contributed by atoms with Gasteiger partial charge in [0.25, 0.3) is 5.91 Å². The number of benzene rings is 1. The molecule has 0 aromatic heterocycles. The highest BCUT2D eigenvalue weighted by atomic mass is 35.5. The number of piperidine rings is 1. The molecule has 7 nitrogen and oxygen atoms in total. The van der Waals surface area contributed by atoms with Gasteiger partial charge in [0, 0.05) is 23.7 Å². The molecule has 0 aliphatic carbocycles. The maximum absolute atomic E-state index is 12.9. The summed E-state index contributed by atoms with van der Waals surface area (Å²) in [6, 6.07) is 4.82. The zero-order valence-electron chi connectivity index (χ0n) is 15.7. The molecule has 9 heteroatoms. The minimum absolute atomic E-state index is 0.162. The van der Waals surface area contributed by atoms with Gasteiger partial charge in [0.05, 0.1) is 23.8 Å². The molecule has 1 aromatic rings. The fourth-order valence-corrected chi connectivity index (χ4v) is 4.03. The normalized spacial score (nSPS) is 19.1. The van der Waals surface area contributed by atoms with Gasteiger partial charge < -0.3 is 14.8 Å². The molecular formula is C19H22Cl2N2O5. The van der Waals surface area contributed by atoms with Crippen molar-refractivity contribution in [1.82, 2.24) is 10.4 Å². The molecular weight excluding hydrogens is 407 g/mol. The van der Waals surface area contributed by atoms with Crippen LogP contribution in [0.15, 0.2) is 24.0 Å². The van der Waals surface area contributed by atoms with Gasteiger partial charge >= 0.3 is 6.16 Å². The van der Waals surface area contributed by atoms with E-state index in [4.69, 9.17) is 37.5 Å². The lowest BCUT2D eigenvalue weighted by atomic mass is 9.86. The molecule has 0 bridgehead atoms. The van der Waals surface area contributed by atoms with Crippen molar-refractivity contribution >= 4 is 40.8 Å². The summed E-state index contributed by atoms with van der Waals surface area (Å²) in [7, 11) is 0. The van der Waals surface area contributed by atoms with Gasteiger partial charge in [-0.05, 0) is 38.8 Å². The van der Waals surface area contributed by atoms with Crippen molar-refractivity contribution < 1.29 is 23.9 Å². The van der Waals surface area contributed by atoms with Crippen molar-refractivity contribution in [1.29, 1.82) is 0 Å². The Morgan fingerprint density at radius 1 is 1.21 bits per heavy atom. The van der Waals surface area contributed by atoms with Crippen LogP contribution in [0.5, 0.6) is 0 Å². The molecule has 1 spiro atoms. The number of hydroxylamine groups is 2. The van der Waals surface area contributed by atoms with Gasteiger partial charge in [-0.3, -0.25) is 9.63 Å². The average molecular weight is 429 g/mol. The maximum Gasteiger partial charge on any atom is 0.513 e. The number of rotatable bonds is 5. The van der Waals surface area contributed by atoms with Gasteiger partial charge in [0.1, 0.15) is 5.54 Å². The van der Waals surface area contributed by atoms with E-state index in [1.165, 1.54) is 0 Å². The van der Waals surface area contributed by atoms with Gasteiger partial charge in [-0.2, -0.15) is 5.06 Å². The van der Waals surface area contributed by atoms with E-state index >= 15 is 0 Å². The van der Waals surface area contributed by atoms with Crippen molar-refractivity contribution in [3.63, 3.8) is 0 Å². The lowest BCUT2D eigenvalue weighted by molar-refractivity contribution is -0.172. The Bertz CT molecular complexity index is 804. The maximum atomic E-state index is 12.9. The molecule has 0 unspecified atom stereocenters. The number of halogens is 2. The Kier molecular flexibility index (Phi) is 6.50. The number of nitrogens with one attached hydrogen (secondary N) is 1. The highest BCUT2D eigenvalue weighted by Crippen LogP contribution is 2.42. The molecule has 3 rings (SSSR count). The van der Waals surface area contributed by atoms with E-state index in [9.17, 15) is 9.59 Å². The molecule has 0 saturated carbocycles. The first kappa shape index (κ1) is 20.9. The molecule has 0 atom stereocenters. The zero-order chi connectivity index (χ0) is 20.3. The summed E-state index contributed by atoms with van der Waals surface area (Å²) >= 11 is 12.3. The van der Waals surface area contributed by atoms with Crippen LogP contribution >= 0.6 is 23.2 Å². The van der Waals surface area contributed by atoms with Crippen molar-refractivity contribution in [2.75, 3.05) is 26.3 Å². The standard InChI is InChI=1S/C19H22Cl2N2O5/c1-3-26-18(25)28-16-15(13-6-5-12(20)11-14(13)21)17(24)22-19(16)7-9-23(10-8-19)27-4-2/h5-6,11H,3-4,7-10H2,1-2H3,(H,22,24). The van der Waals surface area contributed by atoms with E-state index in [0.717, 1.165) is 0 Å². The third-order valence-electron chi connectivity index (χ3n) is 4.78. The quantitative estimate of drug-likeness (QED) is 0.718. The molecule has 1 N–H and O–H groups in total. The summed E-state index contributed by atoms with van der Waals surface area (Å²) in [6.07, 6.45) is 0.174. The molecule has 2 heterocycles. The van der Waals surface area contributed by atoms with Gasteiger partial charge in [0.15, 0.2) is 5.76 Å². The van der Waals surface area contributed by atoms with Gasteiger partial charge in [-0.15, -0.1) is 0 Å². The Morgan fingerprint density at radius 3 is 2.54 bits per heavy atom. The molecule has 2 aliphatic rings. The SMILES string of the molecule is CCOC(=O)OC1=C(c2ccc(Cl)cc2Cl)C(=O)NC12CCN(OCC)CC2. The fraction of sp³-hybridized carbons (Fsp3) is 0.474. The molecule has 2 aliphatic heterocycles. The Hall–Kier alpha value is -1.80. The largest absolute Gasteiger partial charge is 0.513 e. The number of nitrogens with zero attached hydrogens (tertiary/aromatic N) is 1. The first-order valence-electron chi connectivity index (χ1n) is 9.15. The van der Waals surface area contributed by atoms with Gasteiger partial charge in [0.2, 0.25) is 0 Å². The summed E-state index contributed by atoms with van der Waals surface area (Å²) < 4.78 is 10.5. The van der Waals surface area contributed by atoms with Crippen LogP contribution in [0, 0.1) is 0 Å². The van der Waals surface area contributed by atoms with E-state index in [-0.39, 0.29) is 23.8 Å². The molecule has 1 amide bonds. The fourth-order valence-electron chi connectivity index (χ4n) is 3.53. The van der Waals surface area contributed by atoms with Crippen LogP contribution < -0.4 is 5.32 Å². The number of amides is 1. The van der Waals surface area contributed by atoms with Crippen LogP contribution in [0.25, 0.3) is 5.57 Å². The summed E-state index contributed by atoms with van der Waals surface area (Å²) in [5, 5.41) is 5.58. The summed E-state index contributed by atoms with van der Waals surface area (Å²) in [5.41, 5.74) is -0.151. The minimum atomic E-state index is -0.858. The Morgan fingerprint density at radius 2 is 1.93 bits per heavy atom. The van der Waals surface area contributed by atoms with E-state index in [1.54, 1.807) is 25.1 Å². The molecule has 1 saturated heterocycles. The second-order valence-electron chi connectivity index (χ2n) is 6.50. The third-order valence-corrected chi connectivity index (χ3v) is 5.33. The average Bonchev–Trinajstić information content (AvgIpc) is 2.89. The van der Waals surface area contributed by atoms with Crippen molar-refractivity contribution in [3.05, 3.63) is 39.6 Å². The van der Waals surface area contributed by atoms with E-state index in [2.05, 4.69) is 5.32 Å². The molecule has 0 radical (unpaired) electrons. The Labute approximate surface area is 173 Å². The molecule has 28 heavy (non-hydrogen) atoms. The van der Waals surface area contributed by atoms with Crippen molar-refractivity contribution in [2.24, 2.45) is 0 Å². The van der Waals surface area contributed by atoms with Crippen LogP contribution in [0.3, 0.4) is 0 Å². The highest BCUT2D eigenvalue weighted by Gasteiger charge is 2.50. The first-order valence-corrected chi connectivity index (χ1v) is 9.91. The summed E-state index contributed by atoms with van der Waals surface area (Å²) in [4.78, 5) is 30.6. The minimum Gasteiger partial charge on any atom is -0.434 e. The Balaban J connectivity index is 2.02. The second kappa shape index (κ2) is 8.69. The summed E-state index contributed by atoms with van der Waals surface area (Å²) in [6.45, 7) is 5.47. The van der Waals surface area contributed by atoms with Gasteiger partial charge in [-0.1, -0.05) is 29.3 Å². The number of ether oxygens (including phenoxy) is 2. The van der Waals surface area contributed by atoms with E-state index in [1.807, 2.05) is 12.0 Å². The van der Waals surface area contributed by atoms with Crippen LogP contribution in [-0.2, 0) is 19.1 Å². The predicted molar refractivity (Wildman–Crippen MR) is 105 cm³/mol. The second-order valence-corrected chi connectivity index (χ2v) is 7.34. The van der Waals surface area contributed by atoms with Crippen LogP contribution in [0.4, 0.5) is 4.79 Å². The van der Waals surface area contributed by atoms with Crippen molar-refractivity contribution in [2.45, 2.75) is 32.2 Å². The van der Waals surface area contributed by atoms with Crippen molar-refractivity contribution in [3.8, 4) is 0 Å². The van der Waals surface area contributed by atoms with Crippen LogP contribution in [-0.4, -0.2) is 49.0 Å². The van der Waals surface area contributed by atoms with Gasteiger partial charge in [-0.25, -0.2) is 4.79 Å².